The Bertz CT molecular complexity index is 3250. The molecule has 57 heavy (non-hydrogen) atoms. The van der Waals surface area contributed by atoms with E-state index < -0.39 is 0 Å². The van der Waals surface area contributed by atoms with Crippen LogP contribution in [0.2, 0.25) is 0 Å². The molecular weight excluding hydrogens is 703 g/mol. The van der Waals surface area contributed by atoms with E-state index >= 15 is 0 Å². The van der Waals surface area contributed by atoms with E-state index in [-0.39, 0.29) is 12.3 Å². The van der Waals surface area contributed by atoms with Gasteiger partial charge in [0.2, 0.25) is 0 Å². The summed E-state index contributed by atoms with van der Waals surface area (Å²) in [6.45, 7) is 0.558. The predicted octanol–water partition coefficient (Wildman–Crippen LogP) is 12.8. The molecule has 0 saturated carbocycles. The van der Waals surface area contributed by atoms with Crippen LogP contribution in [0, 0.1) is 0 Å². The summed E-state index contributed by atoms with van der Waals surface area (Å²) in [5.74, 6) is 0. The molecule has 11 rings (SSSR count). The summed E-state index contributed by atoms with van der Waals surface area (Å²) in [5.41, 5.74) is 19.0. The maximum absolute atomic E-state index is 6.93. The monoisotopic (exact) mass is 739 g/mol. The molecule has 2 unspecified atom stereocenters. The van der Waals surface area contributed by atoms with Crippen molar-refractivity contribution < 1.29 is 13.3 Å². The lowest BCUT2D eigenvalue weighted by molar-refractivity contribution is 0.385. The van der Waals surface area contributed by atoms with E-state index in [1.54, 1.807) is 0 Å². The Balaban J connectivity index is 0.983. The quantitative estimate of drug-likeness (QED) is 0.128. The highest BCUT2D eigenvalue weighted by Crippen LogP contribution is 2.44. The largest absolute Gasteiger partial charge is 0.456 e. The van der Waals surface area contributed by atoms with Gasteiger partial charge in [-0.3, -0.25) is 10.6 Å². The molecule has 0 aliphatic carbocycles. The molecule has 6 nitrogen and oxygen atoms in total. The number of hydrogen-bond acceptors (Lipinski definition) is 6. The van der Waals surface area contributed by atoms with Crippen LogP contribution in [0.25, 0.3) is 88.1 Å². The van der Waals surface area contributed by atoms with Crippen LogP contribution in [-0.4, -0.2) is 0 Å². The van der Waals surface area contributed by atoms with Crippen molar-refractivity contribution in [3.8, 4) is 22.3 Å². The highest BCUT2D eigenvalue weighted by Gasteiger charge is 2.21. The molecule has 3 aromatic heterocycles. The summed E-state index contributed by atoms with van der Waals surface area (Å²) < 4.78 is 20.0. The molecule has 3 heterocycles. The zero-order valence-corrected chi connectivity index (χ0v) is 30.9. The van der Waals surface area contributed by atoms with E-state index in [0.29, 0.717) is 6.54 Å². The molecule has 11 aromatic rings. The van der Waals surface area contributed by atoms with E-state index in [1.165, 1.54) is 0 Å². The second-order valence-electron chi connectivity index (χ2n) is 14.6. The Hall–Kier alpha value is -6.96. The molecule has 0 fully saturated rings. The highest BCUT2D eigenvalue weighted by molar-refractivity contribution is 6.17. The van der Waals surface area contributed by atoms with Gasteiger partial charge in [-0.1, -0.05) is 158 Å². The third kappa shape index (κ3) is 5.69. The fraction of sp³-hybridized carbons (Fsp3) is 0.0588. The van der Waals surface area contributed by atoms with Gasteiger partial charge in [0.05, 0.1) is 12.3 Å². The normalized spacial score (nSPS) is 13.1. The van der Waals surface area contributed by atoms with Crippen molar-refractivity contribution in [1.82, 2.24) is 10.6 Å². The molecule has 4 N–H and O–H groups in total. The molecule has 8 aromatic carbocycles. The van der Waals surface area contributed by atoms with Crippen molar-refractivity contribution in [3.63, 3.8) is 0 Å². The summed E-state index contributed by atoms with van der Waals surface area (Å²) in [5, 5.41) is 13.8. The van der Waals surface area contributed by atoms with Crippen LogP contribution in [0.15, 0.2) is 189 Å². The van der Waals surface area contributed by atoms with E-state index in [1.807, 2.05) is 60.7 Å². The number of benzene rings is 8. The first kappa shape index (κ1) is 33.4. The average Bonchev–Trinajstić information content (AvgIpc) is 3.97. The van der Waals surface area contributed by atoms with Gasteiger partial charge in [0.15, 0.2) is 0 Å². The lowest BCUT2D eigenvalue weighted by atomic mass is 9.98. The molecule has 2 atom stereocenters. The Labute approximate surface area is 328 Å². The first-order valence-corrected chi connectivity index (χ1v) is 19.3. The Morgan fingerprint density at radius 3 is 1.65 bits per heavy atom. The minimum Gasteiger partial charge on any atom is -0.456 e. The number of fused-ring (bicyclic) bond motifs is 9. The third-order valence-corrected chi connectivity index (χ3v) is 11.2. The fourth-order valence-corrected chi connectivity index (χ4v) is 8.45. The van der Waals surface area contributed by atoms with Gasteiger partial charge in [0.1, 0.15) is 33.5 Å². The number of furan rings is 3. The van der Waals surface area contributed by atoms with Crippen molar-refractivity contribution in [1.29, 1.82) is 0 Å². The van der Waals surface area contributed by atoms with Gasteiger partial charge in [0.25, 0.3) is 0 Å². The van der Waals surface area contributed by atoms with Gasteiger partial charge in [-0.05, 0) is 34.9 Å². The fourth-order valence-electron chi connectivity index (χ4n) is 8.45. The minimum absolute atomic E-state index is 0.201. The van der Waals surface area contributed by atoms with Gasteiger partial charge < -0.3 is 19.0 Å². The summed E-state index contributed by atoms with van der Waals surface area (Å²) >= 11 is 0. The van der Waals surface area contributed by atoms with Crippen molar-refractivity contribution >= 4 is 65.8 Å². The van der Waals surface area contributed by atoms with Gasteiger partial charge in [-0.25, -0.2) is 0 Å². The SMILES string of the molecule is NC(NC(NCc1cccc2c1oc1c(-c3cccc4c3oc3c(-c5ccc6oc7ccccc7c6c5)cccc34)cccc12)c1ccccc1)c1ccccc1. The van der Waals surface area contributed by atoms with Crippen LogP contribution >= 0.6 is 0 Å². The van der Waals surface area contributed by atoms with Gasteiger partial charge in [0, 0.05) is 61.1 Å². The maximum atomic E-state index is 6.93. The topological polar surface area (TPSA) is 89.5 Å². The Morgan fingerprint density at radius 2 is 0.947 bits per heavy atom. The van der Waals surface area contributed by atoms with Gasteiger partial charge in [-0.15, -0.1) is 0 Å². The molecule has 0 bridgehead atoms. The van der Waals surface area contributed by atoms with E-state index in [2.05, 4.69) is 126 Å². The van der Waals surface area contributed by atoms with Crippen molar-refractivity contribution in [3.05, 3.63) is 193 Å². The zero-order valence-electron chi connectivity index (χ0n) is 30.9. The number of para-hydroxylation sites is 5. The molecule has 0 aliphatic heterocycles. The summed E-state index contributed by atoms with van der Waals surface area (Å²) in [6, 6.07) is 60.5. The highest BCUT2D eigenvalue weighted by atomic mass is 16.3. The standard InChI is InChI=1S/C51H37N3O3/c52-50(31-13-3-1-4-14-31)54-51(32-15-5-2-6-16-32)53-30-34-17-9-20-37-38-22-11-24-41(48(38)56-46(34)37)42-25-12-23-40-39-21-10-19-35(47(39)57-49(40)42)33-27-28-45-43(29-33)36-18-7-8-26-44(36)55-45/h1-29,50-51,53-54H,30,52H2. The van der Waals surface area contributed by atoms with Crippen LogP contribution in [-0.2, 0) is 6.54 Å². The van der Waals surface area contributed by atoms with E-state index in [9.17, 15) is 0 Å². The first-order chi connectivity index (χ1) is 28.2. The van der Waals surface area contributed by atoms with Crippen LogP contribution in [0.3, 0.4) is 0 Å². The van der Waals surface area contributed by atoms with E-state index in [4.69, 9.17) is 19.0 Å². The summed E-state index contributed by atoms with van der Waals surface area (Å²) in [6.07, 6.45) is -0.556. The second kappa shape index (κ2) is 13.7. The van der Waals surface area contributed by atoms with Crippen LogP contribution in [0.4, 0.5) is 0 Å². The predicted molar refractivity (Wildman–Crippen MR) is 232 cm³/mol. The van der Waals surface area contributed by atoms with Crippen LogP contribution in [0.1, 0.15) is 29.0 Å². The number of rotatable bonds is 9. The molecule has 0 aliphatic rings. The number of nitrogens with one attached hydrogen (secondary N) is 2. The molecule has 0 radical (unpaired) electrons. The van der Waals surface area contributed by atoms with Gasteiger partial charge in [-0.2, -0.15) is 0 Å². The number of hydrogen-bond donors (Lipinski definition) is 3. The maximum Gasteiger partial charge on any atom is 0.143 e. The minimum atomic E-state index is -0.356. The molecular formula is C51H37N3O3. The zero-order chi connectivity index (χ0) is 37.9. The smallest absolute Gasteiger partial charge is 0.143 e. The average molecular weight is 740 g/mol. The van der Waals surface area contributed by atoms with Crippen molar-refractivity contribution in [2.75, 3.05) is 0 Å². The molecule has 0 amide bonds. The first-order valence-electron chi connectivity index (χ1n) is 19.3. The molecule has 0 saturated heterocycles. The van der Waals surface area contributed by atoms with Crippen LogP contribution < -0.4 is 16.4 Å². The van der Waals surface area contributed by atoms with Crippen LogP contribution in [0.5, 0.6) is 0 Å². The number of nitrogens with two attached hydrogens (primary N) is 1. The summed E-state index contributed by atoms with van der Waals surface area (Å²) in [4.78, 5) is 0. The molecule has 6 heteroatoms. The molecule has 274 valence electrons. The Morgan fingerprint density at radius 1 is 0.421 bits per heavy atom. The summed E-state index contributed by atoms with van der Waals surface area (Å²) in [7, 11) is 0. The Kier molecular flexibility index (Phi) is 8.00. The third-order valence-electron chi connectivity index (χ3n) is 11.2. The van der Waals surface area contributed by atoms with E-state index in [0.717, 1.165) is 105 Å². The van der Waals surface area contributed by atoms with Crippen molar-refractivity contribution in [2.45, 2.75) is 18.9 Å². The molecule has 0 spiro atoms. The lowest BCUT2D eigenvalue weighted by Crippen LogP contribution is -2.39. The lowest BCUT2D eigenvalue weighted by Gasteiger charge is -2.25. The van der Waals surface area contributed by atoms with Gasteiger partial charge >= 0.3 is 0 Å². The van der Waals surface area contributed by atoms with Crippen molar-refractivity contribution in [2.24, 2.45) is 5.73 Å². The second-order valence-corrected chi connectivity index (χ2v) is 14.6.